The van der Waals surface area contributed by atoms with E-state index in [2.05, 4.69) is 6.92 Å². The molecular weight excluding hydrogens is 354 g/mol. The molecule has 0 saturated carbocycles. The van der Waals surface area contributed by atoms with Crippen LogP contribution >= 0.6 is 11.8 Å². The monoisotopic (exact) mass is 401 g/mol. The van der Waals surface area contributed by atoms with Crippen molar-refractivity contribution in [3.8, 4) is 0 Å². The minimum atomic E-state index is -0.877. The predicted octanol–water partition coefficient (Wildman–Crippen LogP) is 7.17. The minimum Gasteiger partial charge on any atom is -0.480 e. The summed E-state index contributed by atoms with van der Waals surface area (Å²) in [5, 5.41) is 8.71. The SMILES string of the molecule is CCCCCCCCCCCCCCCCCCSCCCC(N)C(=O)O. The zero-order chi connectivity index (χ0) is 20.0. The fraction of sp³-hybridized carbons (Fsp3) is 0.957. The van der Waals surface area contributed by atoms with Gasteiger partial charge in [0, 0.05) is 0 Å². The number of hydrogen-bond acceptors (Lipinski definition) is 3. The van der Waals surface area contributed by atoms with Crippen molar-refractivity contribution in [3.63, 3.8) is 0 Å². The molecule has 3 N–H and O–H groups in total. The highest BCUT2D eigenvalue weighted by Gasteiger charge is 2.09. The van der Waals surface area contributed by atoms with Gasteiger partial charge in [-0.1, -0.05) is 103 Å². The van der Waals surface area contributed by atoms with Crippen LogP contribution in [-0.4, -0.2) is 28.6 Å². The van der Waals surface area contributed by atoms with E-state index in [0.717, 1.165) is 12.2 Å². The molecule has 0 aliphatic rings. The van der Waals surface area contributed by atoms with Gasteiger partial charge < -0.3 is 10.8 Å². The van der Waals surface area contributed by atoms with Gasteiger partial charge in [-0.15, -0.1) is 0 Å². The van der Waals surface area contributed by atoms with Crippen LogP contribution in [0.1, 0.15) is 122 Å². The Morgan fingerprint density at radius 1 is 0.704 bits per heavy atom. The van der Waals surface area contributed by atoms with E-state index in [0.29, 0.717) is 6.42 Å². The van der Waals surface area contributed by atoms with Crippen molar-refractivity contribution in [1.29, 1.82) is 0 Å². The van der Waals surface area contributed by atoms with Gasteiger partial charge in [0.1, 0.15) is 6.04 Å². The van der Waals surface area contributed by atoms with E-state index < -0.39 is 12.0 Å². The summed E-state index contributed by atoms with van der Waals surface area (Å²) < 4.78 is 0. The zero-order valence-electron chi connectivity index (χ0n) is 18.1. The highest BCUT2D eigenvalue weighted by Crippen LogP contribution is 2.15. The van der Waals surface area contributed by atoms with Crippen molar-refractivity contribution in [3.05, 3.63) is 0 Å². The second kappa shape index (κ2) is 22.1. The Kier molecular flexibility index (Phi) is 21.9. The fourth-order valence-corrected chi connectivity index (χ4v) is 4.37. The van der Waals surface area contributed by atoms with Gasteiger partial charge in [-0.25, -0.2) is 0 Å². The maximum Gasteiger partial charge on any atom is 0.320 e. The number of thioether (sulfide) groups is 1. The minimum absolute atomic E-state index is 0.599. The molecule has 0 fully saturated rings. The van der Waals surface area contributed by atoms with Gasteiger partial charge in [0.15, 0.2) is 0 Å². The summed E-state index contributed by atoms with van der Waals surface area (Å²) in [7, 11) is 0. The van der Waals surface area contributed by atoms with Crippen LogP contribution in [0.5, 0.6) is 0 Å². The van der Waals surface area contributed by atoms with Crippen LogP contribution in [0.3, 0.4) is 0 Å². The Morgan fingerprint density at radius 3 is 1.48 bits per heavy atom. The predicted molar refractivity (Wildman–Crippen MR) is 122 cm³/mol. The third kappa shape index (κ3) is 21.9. The molecule has 162 valence electrons. The number of carbonyl (C=O) groups is 1. The fourth-order valence-electron chi connectivity index (χ4n) is 3.38. The number of unbranched alkanes of at least 4 members (excludes halogenated alkanes) is 15. The summed E-state index contributed by atoms with van der Waals surface area (Å²) in [5.74, 6) is 1.37. The summed E-state index contributed by atoms with van der Waals surface area (Å²) in [6, 6.07) is -0.679. The van der Waals surface area contributed by atoms with Crippen LogP contribution in [0.15, 0.2) is 0 Å². The second-order valence-electron chi connectivity index (χ2n) is 8.00. The van der Waals surface area contributed by atoms with Crippen LogP contribution in [0.2, 0.25) is 0 Å². The summed E-state index contributed by atoms with van der Waals surface area (Å²) in [5.41, 5.74) is 5.49. The largest absolute Gasteiger partial charge is 0.480 e. The van der Waals surface area contributed by atoms with E-state index in [1.54, 1.807) is 0 Å². The van der Waals surface area contributed by atoms with E-state index >= 15 is 0 Å². The smallest absolute Gasteiger partial charge is 0.320 e. The maximum atomic E-state index is 10.6. The Bertz CT molecular complexity index is 313. The van der Waals surface area contributed by atoms with Crippen molar-refractivity contribution in [2.75, 3.05) is 11.5 Å². The zero-order valence-corrected chi connectivity index (χ0v) is 18.9. The first-order valence-electron chi connectivity index (χ1n) is 11.7. The molecule has 0 rings (SSSR count). The first-order chi connectivity index (χ1) is 13.2. The maximum absolute atomic E-state index is 10.6. The lowest BCUT2D eigenvalue weighted by Crippen LogP contribution is -2.29. The molecule has 0 saturated heterocycles. The highest BCUT2D eigenvalue weighted by atomic mass is 32.2. The second-order valence-corrected chi connectivity index (χ2v) is 9.23. The van der Waals surface area contributed by atoms with Crippen molar-refractivity contribution < 1.29 is 9.90 Å². The number of carboxylic acids is 1. The van der Waals surface area contributed by atoms with Gasteiger partial charge in [0.25, 0.3) is 0 Å². The standard InChI is InChI=1S/C23H47NO2S/c1-2-3-4-5-6-7-8-9-10-11-12-13-14-15-16-17-20-27-21-18-19-22(24)23(25)26/h22H,2-21,24H2,1H3,(H,25,26). The topological polar surface area (TPSA) is 63.3 Å². The number of rotatable bonds is 22. The summed E-state index contributed by atoms with van der Waals surface area (Å²) >= 11 is 1.95. The molecular formula is C23H47NO2S. The molecule has 27 heavy (non-hydrogen) atoms. The lowest BCUT2D eigenvalue weighted by atomic mass is 10.0. The van der Waals surface area contributed by atoms with Gasteiger partial charge >= 0.3 is 5.97 Å². The number of hydrogen-bond donors (Lipinski definition) is 2. The molecule has 4 heteroatoms. The average Bonchev–Trinajstić information content (AvgIpc) is 2.66. The molecule has 0 amide bonds. The summed E-state index contributed by atoms with van der Waals surface area (Å²) in [6.07, 6.45) is 24.1. The normalized spacial score (nSPS) is 12.4. The molecule has 0 spiro atoms. The Morgan fingerprint density at radius 2 is 1.07 bits per heavy atom. The molecule has 0 aromatic heterocycles. The summed E-state index contributed by atoms with van der Waals surface area (Å²) in [6.45, 7) is 2.28. The highest BCUT2D eigenvalue weighted by molar-refractivity contribution is 7.99. The molecule has 1 unspecified atom stereocenters. The van der Waals surface area contributed by atoms with Crippen molar-refractivity contribution >= 4 is 17.7 Å². The van der Waals surface area contributed by atoms with Crippen LogP contribution < -0.4 is 5.73 Å². The Labute approximate surface area is 173 Å². The van der Waals surface area contributed by atoms with E-state index in [1.165, 1.54) is 108 Å². The van der Waals surface area contributed by atoms with Gasteiger partial charge in [-0.05, 0) is 30.8 Å². The van der Waals surface area contributed by atoms with E-state index in [9.17, 15) is 4.79 Å². The van der Waals surface area contributed by atoms with Crippen LogP contribution in [0.25, 0.3) is 0 Å². The first-order valence-corrected chi connectivity index (χ1v) is 12.9. The van der Waals surface area contributed by atoms with Gasteiger partial charge in [0.2, 0.25) is 0 Å². The molecule has 3 nitrogen and oxygen atoms in total. The number of nitrogens with two attached hydrogens (primary N) is 1. The number of carboxylic acid groups (broad SMARTS) is 1. The molecule has 0 bridgehead atoms. The molecule has 1 atom stereocenters. The molecule has 0 aromatic rings. The van der Waals surface area contributed by atoms with Crippen molar-refractivity contribution in [1.82, 2.24) is 0 Å². The van der Waals surface area contributed by atoms with Crippen LogP contribution in [-0.2, 0) is 4.79 Å². The molecule has 0 aliphatic heterocycles. The third-order valence-corrected chi connectivity index (χ3v) is 6.42. The van der Waals surface area contributed by atoms with E-state index in [4.69, 9.17) is 10.8 Å². The quantitative estimate of drug-likeness (QED) is 0.189. The third-order valence-electron chi connectivity index (χ3n) is 5.26. The van der Waals surface area contributed by atoms with Crippen molar-refractivity contribution in [2.45, 2.75) is 129 Å². The first kappa shape index (κ1) is 26.8. The van der Waals surface area contributed by atoms with Crippen LogP contribution in [0.4, 0.5) is 0 Å². The van der Waals surface area contributed by atoms with Gasteiger partial charge in [-0.2, -0.15) is 11.8 Å². The lowest BCUT2D eigenvalue weighted by molar-refractivity contribution is -0.138. The van der Waals surface area contributed by atoms with E-state index in [-0.39, 0.29) is 0 Å². The Hall–Kier alpha value is -0.220. The van der Waals surface area contributed by atoms with Crippen molar-refractivity contribution in [2.24, 2.45) is 5.73 Å². The lowest BCUT2D eigenvalue weighted by Gasteiger charge is -2.06. The molecule has 0 aromatic carbocycles. The average molecular weight is 402 g/mol. The molecule has 0 aliphatic carbocycles. The molecule has 0 radical (unpaired) electrons. The van der Waals surface area contributed by atoms with Gasteiger partial charge in [0.05, 0.1) is 0 Å². The number of aliphatic carboxylic acids is 1. The van der Waals surface area contributed by atoms with E-state index in [1.807, 2.05) is 11.8 Å². The van der Waals surface area contributed by atoms with Crippen LogP contribution in [0, 0.1) is 0 Å². The summed E-state index contributed by atoms with van der Waals surface area (Å²) in [4.78, 5) is 10.6. The molecule has 0 heterocycles. The van der Waals surface area contributed by atoms with Gasteiger partial charge in [-0.3, -0.25) is 4.79 Å². The Balaban J connectivity index is 3.04.